The molecule has 0 aliphatic carbocycles. The maximum absolute atomic E-state index is 14.0. The van der Waals surface area contributed by atoms with Crippen LogP contribution in [0.25, 0.3) is 0 Å². The first-order chi connectivity index (χ1) is 13.2. The number of ether oxygens (including phenoxy) is 1. The molecule has 0 bridgehead atoms. The van der Waals surface area contributed by atoms with Crippen molar-refractivity contribution in [2.75, 3.05) is 19.0 Å². The van der Waals surface area contributed by atoms with Crippen LogP contribution in [0.4, 0.5) is 23.2 Å². The Bertz CT molecular complexity index is 868. The van der Waals surface area contributed by atoms with Gasteiger partial charge in [0.05, 0.1) is 12.7 Å². The van der Waals surface area contributed by atoms with Crippen LogP contribution in [0.5, 0.6) is 5.75 Å². The molecule has 0 atom stereocenters. The third kappa shape index (κ3) is 5.21. The zero-order valence-corrected chi connectivity index (χ0v) is 15.1. The molecule has 28 heavy (non-hydrogen) atoms. The van der Waals surface area contributed by atoms with Crippen molar-refractivity contribution in [3.8, 4) is 5.75 Å². The monoisotopic (exact) mass is 398 g/mol. The summed E-state index contributed by atoms with van der Waals surface area (Å²) in [6.45, 7) is 1.02. The quantitative estimate of drug-likeness (QED) is 0.749. The number of nitrogens with zero attached hydrogens (tertiary/aromatic N) is 1. The van der Waals surface area contributed by atoms with Crippen molar-refractivity contribution in [2.45, 2.75) is 19.6 Å². The summed E-state index contributed by atoms with van der Waals surface area (Å²) < 4.78 is 56.7. The number of carbonyl (C=O) groups excluding carboxylic acids is 2. The zero-order chi connectivity index (χ0) is 20.9. The molecule has 0 saturated heterocycles. The fourth-order valence-corrected chi connectivity index (χ4v) is 2.48. The predicted octanol–water partition coefficient (Wildman–Crippen LogP) is 4.00. The number of benzene rings is 2. The van der Waals surface area contributed by atoms with E-state index in [-0.39, 0.29) is 30.1 Å². The van der Waals surface area contributed by atoms with Gasteiger partial charge < -0.3 is 15.0 Å². The van der Waals surface area contributed by atoms with E-state index in [0.29, 0.717) is 10.5 Å². The Morgan fingerprint density at radius 2 is 1.86 bits per heavy atom. The second-order valence-electron chi connectivity index (χ2n) is 5.82. The van der Waals surface area contributed by atoms with Gasteiger partial charge in [-0.05, 0) is 36.8 Å². The highest BCUT2D eigenvalue weighted by Crippen LogP contribution is 2.22. The SMILES string of the molecule is CCN(Cc1cccc(NC(=O)c2ccc(OC)cc2F)c1)C(=O)C(F)(F)F. The van der Waals surface area contributed by atoms with Gasteiger partial charge in [-0.1, -0.05) is 12.1 Å². The smallest absolute Gasteiger partial charge is 0.471 e. The van der Waals surface area contributed by atoms with Crippen LogP contribution in [-0.4, -0.2) is 36.5 Å². The lowest BCUT2D eigenvalue weighted by atomic mass is 10.1. The molecule has 0 aliphatic rings. The molecule has 0 fully saturated rings. The Kier molecular flexibility index (Phi) is 6.61. The van der Waals surface area contributed by atoms with E-state index in [9.17, 15) is 27.2 Å². The lowest BCUT2D eigenvalue weighted by Crippen LogP contribution is -2.40. The third-order valence-electron chi connectivity index (χ3n) is 3.89. The van der Waals surface area contributed by atoms with E-state index in [2.05, 4.69) is 5.32 Å². The van der Waals surface area contributed by atoms with Gasteiger partial charge in [-0.25, -0.2) is 4.39 Å². The van der Waals surface area contributed by atoms with Crippen LogP contribution in [0.2, 0.25) is 0 Å². The van der Waals surface area contributed by atoms with Crippen LogP contribution in [0.15, 0.2) is 42.5 Å². The van der Waals surface area contributed by atoms with Gasteiger partial charge in [0.2, 0.25) is 0 Å². The highest BCUT2D eigenvalue weighted by atomic mass is 19.4. The van der Waals surface area contributed by atoms with E-state index in [4.69, 9.17) is 4.74 Å². The van der Waals surface area contributed by atoms with Crippen LogP contribution in [0, 0.1) is 5.82 Å². The van der Waals surface area contributed by atoms with Crippen LogP contribution < -0.4 is 10.1 Å². The number of nitrogens with one attached hydrogen (secondary N) is 1. The molecule has 2 rings (SSSR count). The molecule has 0 saturated carbocycles. The summed E-state index contributed by atoms with van der Waals surface area (Å²) in [5.74, 6) is -3.19. The third-order valence-corrected chi connectivity index (χ3v) is 3.89. The van der Waals surface area contributed by atoms with Crippen molar-refractivity contribution < 1.29 is 31.9 Å². The van der Waals surface area contributed by atoms with Crippen LogP contribution in [-0.2, 0) is 11.3 Å². The maximum atomic E-state index is 14.0. The zero-order valence-electron chi connectivity index (χ0n) is 15.1. The first-order valence-corrected chi connectivity index (χ1v) is 8.25. The number of anilines is 1. The van der Waals surface area contributed by atoms with E-state index in [0.717, 1.165) is 6.07 Å². The van der Waals surface area contributed by atoms with Gasteiger partial charge in [-0.3, -0.25) is 9.59 Å². The van der Waals surface area contributed by atoms with Gasteiger partial charge >= 0.3 is 12.1 Å². The van der Waals surface area contributed by atoms with Gasteiger partial charge in [-0.2, -0.15) is 13.2 Å². The molecule has 0 radical (unpaired) electrons. The first kappa shape index (κ1) is 21.2. The number of hydrogen-bond acceptors (Lipinski definition) is 3. The van der Waals surface area contributed by atoms with Crippen molar-refractivity contribution in [2.24, 2.45) is 0 Å². The standard InChI is InChI=1S/C19H18F4N2O3/c1-3-25(18(27)19(21,22)23)11-12-5-4-6-13(9-12)24-17(26)15-8-7-14(28-2)10-16(15)20/h4-10H,3,11H2,1-2H3,(H,24,26). The largest absolute Gasteiger partial charge is 0.497 e. The van der Waals surface area contributed by atoms with Crippen LogP contribution in [0.3, 0.4) is 0 Å². The molecule has 0 aliphatic heterocycles. The lowest BCUT2D eigenvalue weighted by molar-refractivity contribution is -0.185. The predicted molar refractivity (Wildman–Crippen MR) is 94.5 cm³/mol. The Morgan fingerprint density at radius 1 is 1.14 bits per heavy atom. The number of alkyl halides is 3. The minimum absolute atomic E-state index is 0.133. The molecule has 0 unspecified atom stereocenters. The Balaban J connectivity index is 2.14. The minimum Gasteiger partial charge on any atom is -0.497 e. The van der Waals surface area contributed by atoms with E-state index < -0.39 is 23.8 Å². The number of carbonyl (C=O) groups is 2. The normalized spacial score (nSPS) is 11.1. The molecule has 2 aromatic rings. The summed E-state index contributed by atoms with van der Waals surface area (Å²) in [7, 11) is 1.36. The van der Waals surface area contributed by atoms with Gasteiger partial charge in [0.1, 0.15) is 11.6 Å². The molecule has 1 N–H and O–H groups in total. The fraction of sp³-hybridized carbons (Fsp3) is 0.263. The maximum Gasteiger partial charge on any atom is 0.471 e. The molecular weight excluding hydrogens is 380 g/mol. The van der Waals surface area contributed by atoms with Gasteiger partial charge in [0, 0.05) is 24.8 Å². The molecule has 0 spiro atoms. The Labute approximate surface area is 158 Å². The van der Waals surface area contributed by atoms with Crippen LogP contribution in [0.1, 0.15) is 22.8 Å². The van der Waals surface area contributed by atoms with Crippen molar-refractivity contribution in [3.63, 3.8) is 0 Å². The molecule has 5 nitrogen and oxygen atoms in total. The molecule has 2 aromatic carbocycles. The van der Waals surface area contributed by atoms with Crippen LogP contribution >= 0.6 is 0 Å². The molecule has 0 aromatic heterocycles. The topological polar surface area (TPSA) is 58.6 Å². The lowest BCUT2D eigenvalue weighted by Gasteiger charge is -2.22. The van der Waals surface area contributed by atoms with E-state index in [1.807, 2.05) is 0 Å². The summed E-state index contributed by atoms with van der Waals surface area (Å²) >= 11 is 0. The van der Waals surface area contributed by atoms with E-state index in [1.54, 1.807) is 0 Å². The molecular formula is C19H18F4N2O3. The average Bonchev–Trinajstić information content (AvgIpc) is 2.64. The van der Waals surface area contributed by atoms with Crippen molar-refractivity contribution >= 4 is 17.5 Å². The molecule has 9 heteroatoms. The number of rotatable bonds is 6. The second-order valence-corrected chi connectivity index (χ2v) is 5.82. The highest BCUT2D eigenvalue weighted by molar-refractivity contribution is 6.04. The Morgan fingerprint density at radius 3 is 2.43 bits per heavy atom. The highest BCUT2D eigenvalue weighted by Gasteiger charge is 2.41. The second kappa shape index (κ2) is 8.73. The van der Waals surface area contributed by atoms with Crippen molar-refractivity contribution in [1.82, 2.24) is 4.90 Å². The minimum atomic E-state index is -4.96. The Hall–Kier alpha value is -3.10. The van der Waals surface area contributed by atoms with Crippen molar-refractivity contribution in [1.29, 1.82) is 0 Å². The van der Waals surface area contributed by atoms with E-state index in [1.165, 1.54) is 50.4 Å². The first-order valence-electron chi connectivity index (χ1n) is 8.25. The summed E-state index contributed by atoms with van der Waals surface area (Å²) in [5, 5.41) is 2.48. The number of methoxy groups -OCH3 is 1. The number of amides is 2. The van der Waals surface area contributed by atoms with Gasteiger partial charge in [0.15, 0.2) is 0 Å². The summed E-state index contributed by atoms with van der Waals surface area (Å²) in [6.07, 6.45) is -4.96. The fourth-order valence-electron chi connectivity index (χ4n) is 2.48. The molecule has 150 valence electrons. The number of halogens is 4. The summed E-state index contributed by atoms with van der Waals surface area (Å²) in [4.78, 5) is 24.3. The molecule has 0 heterocycles. The number of hydrogen-bond donors (Lipinski definition) is 1. The van der Waals surface area contributed by atoms with Gasteiger partial charge in [-0.15, -0.1) is 0 Å². The summed E-state index contributed by atoms with van der Waals surface area (Å²) in [5.41, 5.74) is 0.425. The van der Waals surface area contributed by atoms with E-state index >= 15 is 0 Å². The van der Waals surface area contributed by atoms with Crippen molar-refractivity contribution in [3.05, 3.63) is 59.4 Å². The average molecular weight is 398 g/mol. The summed E-state index contributed by atoms with van der Waals surface area (Å²) in [6, 6.07) is 9.71. The molecule has 2 amide bonds. The van der Waals surface area contributed by atoms with Gasteiger partial charge in [0.25, 0.3) is 5.91 Å².